The molecule has 0 fully saturated rings. The predicted molar refractivity (Wildman–Crippen MR) is 43.9 cm³/mol. The lowest BCUT2D eigenvalue weighted by molar-refractivity contribution is 1.19. The normalized spacial score (nSPS) is 10.8. The number of nitrogens with one attached hydrogen (secondary N) is 2. The topological polar surface area (TPSA) is 100 Å². The van der Waals surface area contributed by atoms with Gasteiger partial charge in [0.15, 0.2) is 10.8 Å². The monoisotopic (exact) mass is 185 g/mol. The summed E-state index contributed by atoms with van der Waals surface area (Å²) in [4.78, 5) is 23.0. The molecule has 2 heterocycles. The molecule has 0 spiro atoms. The lowest BCUT2D eigenvalue weighted by Crippen LogP contribution is -1.99. The van der Waals surface area contributed by atoms with E-state index in [1.807, 2.05) is 0 Å². The average Bonchev–Trinajstić information content (AvgIpc) is 2.29. The van der Waals surface area contributed by atoms with Crippen molar-refractivity contribution in [3.63, 3.8) is 0 Å². The molecule has 62 valence electrons. The quantitative estimate of drug-likeness (QED) is 0.498. The third-order valence-electron chi connectivity index (χ3n) is 1.35. The Morgan fingerprint density at radius 2 is 2.08 bits per heavy atom. The molecule has 0 aliphatic carbocycles. The highest BCUT2D eigenvalue weighted by Crippen LogP contribution is 2.15. The van der Waals surface area contributed by atoms with Crippen LogP contribution in [-0.4, -0.2) is 19.9 Å². The number of fused-ring (bicyclic) bond motifs is 1. The number of aromatic amines is 2. The first-order valence-corrected chi connectivity index (χ1v) is 3.45. The van der Waals surface area contributed by atoms with Crippen LogP contribution >= 0.6 is 11.6 Å². The minimum Gasteiger partial charge on any atom is -0.368 e. The van der Waals surface area contributed by atoms with Crippen LogP contribution in [0.4, 0.5) is 5.95 Å². The maximum Gasteiger partial charge on any atom is 0.325 e. The molecule has 0 atom stereocenters. The van der Waals surface area contributed by atoms with Gasteiger partial charge in [-0.25, -0.2) is 4.79 Å². The molecular weight excluding hydrogens is 182 g/mol. The minimum absolute atomic E-state index is 0.0303. The molecular formula is C5H4ClN5O. The molecule has 0 saturated heterocycles. The van der Waals surface area contributed by atoms with E-state index >= 15 is 0 Å². The van der Waals surface area contributed by atoms with E-state index in [4.69, 9.17) is 17.3 Å². The van der Waals surface area contributed by atoms with Crippen LogP contribution in [0.1, 0.15) is 0 Å². The number of hydrogen-bond acceptors (Lipinski definition) is 4. The van der Waals surface area contributed by atoms with Gasteiger partial charge in [-0.3, -0.25) is 4.98 Å². The van der Waals surface area contributed by atoms with Crippen LogP contribution in [0.15, 0.2) is 4.79 Å². The molecule has 4 N–H and O–H groups in total. The molecule has 7 heteroatoms. The van der Waals surface area contributed by atoms with E-state index in [1.54, 1.807) is 0 Å². The molecule has 0 aliphatic rings. The van der Waals surface area contributed by atoms with Crippen LogP contribution in [0.25, 0.3) is 11.2 Å². The number of hydrogen-bond donors (Lipinski definition) is 3. The first kappa shape index (κ1) is 7.11. The van der Waals surface area contributed by atoms with Gasteiger partial charge in [0, 0.05) is 0 Å². The zero-order chi connectivity index (χ0) is 8.72. The molecule has 0 aliphatic heterocycles. The Labute approximate surface area is 70.8 Å². The van der Waals surface area contributed by atoms with Crippen LogP contribution < -0.4 is 11.4 Å². The summed E-state index contributed by atoms with van der Waals surface area (Å²) in [7, 11) is 0. The Hall–Kier alpha value is -1.56. The fourth-order valence-electron chi connectivity index (χ4n) is 0.903. The molecule has 2 aromatic heterocycles. The van der Waals surface area contributed by atoms with Gasteiger partial charge in [0.1, 0.15) is 5.52 Å². The first-order valence-electron chi connectivity index (χ1n) is 3.08. The largest absolute Gasteiger partial charge is 0.368 e. The van der Waals surface area contributed by atoms with Gasteiger partial charge in [0.2, 0.25) is 5.95 Å². The second-order valence-corrected chi connectivity index (χ2v) is 2.53. The smallest absolute Gasteiger partial charge is 0.325 e. The zero-order valence-electron chi connectivity index (χ0n) is 5.76. The van der Waals surface area contributed by atoms with Crippen molar-refractivity contribution in [3.8, 4) is 0 Å². The molecule has 0 saturated carbocycles. The van der Waals surface area contributed by atoms with Gasteiger partial charge < -0.3 is 10.7 Å². The highest BCUT2D eigenvalue weighted by molar-refractivity contribution is 6.33. The van der Waals surface area contributed by atoms with Crippen molar-refractivity contribution in [1.82, 2.24) is 19.9 Å². The molecule has 0 radical (unpaired) electrons. The van der Waals surface area contributed by atoms with Crippen LogP contribution in [0, 0.1) is 0 Å². The Bertz CT molecular complexity index is 486. The van der Waals surface area contributed by atoms with E-state index in [2.05, 4.69) is 19.9 Å². The van der Waals surface area contributed by atoms with Crippen molar-refractivity contribution < 1.29 is 0 Å². The number of H-pyrrole nitrogens is 2. The first-order chi connectivity index (χ1) is 5.66. The highest BCUT2D eigenvalue weighted by atomic mass is 35.5. The van der Waals surface area contributed by atoms with Crippen molar-refractivity contribution in [3.05, 3.63) is 15.6 Å². The predicted octanol–water partition coefficient (Wildman–Crippen LogP) is -0.118. The molecule has 12 heavy (non-hydrogen) atoms. The second kappa shape index (κ2) is 2.21. The van der Waals surface area contributed by atoms with E-state index in [-0.39, 0.29) is 16.8 Å². The Morgan fingerprint density at radius 1 is 1.33 bits per heavy atom. The Balaban J connectivity index is 2.97. The third kappa shape index (κ3) is 0.928. The van der Waals surface area contributed by atoms with Crippen molar-refractivity contribution in [2.75, 3.05) is 5.73 Å². The van der Waals surface area contributed by atoms with Crippen LogP contribution in [-0.2, 0) is 0 Å². The minimum atomic E-state index is -0.383. The maximum atomic E-state index is 10.8. The Kier molecular flexibility index (Phi) is 1.31. The summed E-state index contributed by atoms with van der Waals surface area (Å²) in [5.41, 5.74) is 5.60. The number of rotatable bonds is 0. The van der Waals surface area contributed by atoms with Gasteiger partial charge in [0.25, 0.3) is 0 Å². The van der Waals surface area contributed by atoms with E-state index < -0.39 is 0 Å². The van der Waals surface area contributed by atoms with E-state index in [9.17, 15) is 4.79 Å². The van der Waals surface area contributed by atoms with Crippen molar-refractivity contribution in [2.45, 2.75) is 0 Å². The summed E-state index contributed by atoms with van der Waals surface area (Å²) in [6.07, 6.45) is 0. The zero-order valence-corrected chi connectivity index (χ0v) is 6.51. The van der Waals surface area contributed by atoms with E-state index in [0.717, 1.165) is 0 Å². The molecule has 0 bridgehead atoms. The molecule has 0 aromatic carbocycles. The van der Waals surface area contributed by atoms with E-state index in [1.165, 1.54) is 0 Å². The van der Waals surface area contributed by atoms with Gasteiger partial charge in [-0.15, -0.1) is 0 Å². The van der Waals surface area contributed by atoms with Gasteiger partial charge in [-0.2, -0.15) is 9.97 Å². The number of nitrogen functional groups attached to an aromatic ring is 1. The number of aromatic nitrogens is 4. The number of nitrogens with zero attached hydrogens (tertiary/aromatic N) is 2. The lowest BCUT2D eigenvalue weighted by atomic mass is 10.6. The standard InChI is InChI=1S/C5H4ClN5O/c6-2-1-3(10-4(7)9-2)11-5(12)8-1/h(H4,7,8,9,10,11,12). The van der Waals surface area contributed by atoms with Gasteiger partial charge in [0.05, 0.1) is 0 Å². The average molecular weight is 186 g/mol. The summed E-state index contributed by atoms with van der Waals surface area (Å²) in [5.74, 6) is 0.0303. The highest BCUT2D eigenvalue weighted by Gasteiger charge is 2.06. The van der Waals surface area contributed by atoms with Crippen molar-refractivity contribution in [1.29, 1.82) is 0 Å². The fourth-order valence-corrected chi connectivity index (χ4v) is 1.13. The lowest BCUT2D eigenvalue weighted by Gasteiger charge is -1.92. The summed E-state index contributed by atoms with van der Waals surface area (Å²) in [5, 5.41) is 0.135. The maximum absolute atomic E-state index is 10.8. The Morgan fingerprint density at radius 3 is 2.83 bits per heavy atom. The number of halogens is 1. The van der Waals surface area contributed by atoms with Crippen LogP contribution in [0.3, 0.4) is 0 Å². The third-order valence-corrected chi connectivity index (χ3v) is 1.63. The number of imidazole rings is 1. The van der Waals surface area contributed by atoms with Crippen molar-refractivity contribution >= 4 is 28.7 Å². The molecule has 0 amide bonds. The summed E-state index contributed by atoms with van der Waals surface area (Å²) in [6, 6.07) is 0. The van der Waals surface area contributed by atoms with Crippen LogP contribution in [0.5, 0.6) is 0 Å². The summed E-state index contributed by atoms with van der Waals surface area (Å²) >= 11 is 5.65. The summed E-state index contributed by atoms with van der Waals surface area (Å²) < 4.78 is 0. The number of nitrogens with two attached hydrogens (primary N) is 1. The van der Waals surface area contributed by atoms with Gasteiger partial charge >= 0.3 is 5.69 Å². The van der Waals surface area contributed by atoms with Gasteiger partial charge in [-0.1, -0.05) is 11.6 Å². The molecule has 0 unspecified atom stereocenters. The SMILES string of the molecule is Nc1nc(Cl)c2[nH]c(=O)[nH]c2n1. The number of anilines is 1. The van der Waals surface area contributed by atoms with E-state index in [0.29, 0.717) is 11.2 Å². The van der Waals surface area contributed by atoms with Crippen molar-refractivity contribution in [2.24, 2.45) is 0 Å². The summed E-state index contributed by atoms with van der Waals surface area (Å²) in [6.45, 7) is 0. The second-order valence-electron chi connectivity index (χ2n) is 2.18. The molecule has 2 rings (SSSR count). The fraction of sp³-hybridized carbons (Fsp3) is 0. The molecule has 2 aromatic rings. The van der Waals surface area contributed by atoms with Crippen LogP contribution in [0.2, 0.25) is 5.15 Å². The van der Waals surface area contributed by atoms with Gasteiger partial charge in [-0.05, 0) is 0 Å². The molecule has 6 nitrogen and oxygen atoms in total.